The third-order valence-corrected chi connectivity index (χ3v) is 6.13. The van der Waals surface area contributed by atoms with Gasteiger partial charge in [-0.2, -0.15) is 0 Å². The lowest BCUT2D eigenvalue weighted by Crippen LogP contribution is -2.37. The Kier molecular flexibility index (Phi) is 5.06. The van der Waals surface area contributed by atoms with E-state index in [-0.39, 0.29) is 11.5 Å². The van der Waals surface area contributed by atoms with Crippen molar-refractivity contribution < 1.29 is 4.79 Å². The van der Waals surface area contributed by atoms with Gasteiger partial charge in [-0.1, -0.05) is 31.0 Å². The Morgan fingerprint density at radius 3 is 2.91 bits per heavy atom. The van der Waals surface area contributed by atoms with Gasteiger partial charge in [0, 0.05) is 18.0 Å². The largest absolute Gasteiger partial charge is 0.353 e. The van der Waals surface area contributed by atoms with Gasteiger partial charge in [-0.15, -0.1) is 11.3 Å². The highest BCUT2D eigenvalue weighted by atomic mass is 32.2. The maximum absolute atomic E-state index is 12.3. The van der Waals surface area contributed by atoms with Gasteiger partial charge < -0.3 is 5.32 Å². The molecule has 7 heteroatoms. The van der Waals surface area contributed by atoms with Gasteiger partial charge in [0.05, 0.1) is 11.1 Å². The molecule has 5 nitrogen and oxygen atoms in total. The van der Waals surface area contributed by atoms with Gasteiger partial charge in [0.25, 0.3) is 5.56 Å². The van der Waals surface area contributed by atoms with E-state index in [1.165, 1.54) is 46.9 Å². The molecule has 2 aromatic rings. The zero-order chi connectivity index (χ0) is 16.4. The second-order valence-corrected chi connectivity index (χ2v) is 8.20. The van der Waals surface area contributed by atoms with E-state index in [1.54, 1.807) is 7.05 Å². The van der Waals surface area contributed by atoms with Crippen LogP contribution >= 0.6 is 23.1 Å². The number of amides is 1. The van der Waals surface area contributed by atoms with E-state index < -0.39 is 0 Å². The average Bonchev–Trinajstić information content (AvgIpc) is 2.91. The number of hydrogen-bond acceptors (Lipinski definition) is 5. The Balaban J connectivity index is 1.67. The summed E-state index contributed by atoms with van der Waals surface area (Å²) in [5, 5.41) is 4.35. The van der Waals surface area contributed by atoms with Crippen LogP contribution in [0.15, 0.2) is 16.0 Å². The summed E-state index contributed by atoms with van der Waals surface area (Å²) < 4.78 is 1.53. The van der Waals surface area contributed by atoms with Crippen molar-refractivity contribution in [2.24, 2.45) is 7.05 Å². The van der Waals surface area contributed by atoms with Gasteiger partial charge in [0.15, 0.2) is 5.16 Å². The van der Waals surface area contributed by atoms with Gasteiger partial charge in [0.2, 0.25) is 5.91 Å². The first kappa shape index (κ1) is 16.5. The van der Waals surface area contributed by atoms with Crippen LogP contribution in [0.4, 0.5) is 0 Å². The quantitative estimate of drug-likeness (QED) is 0.679. The number of carbonyl (C=O) groups is 1. The molecule has 1 N–H and O–H groups in total. The Bertz CT molecular complexity index is 775. The fourth-order valence-corrected chi connectivity index (χ4v) is 4.65. The minimum atomic E-state index is -0.0467. The fraction of sp³-hybridized carbons (Fsp3) is 0.562. The number of aryl methyl sites for hydroxylation is 1. The van der Waals surface area contributed by atoms with Crippen molar-refractivity contribution in [2.45, 2.75) is 50.2 Å². The van der Waals surface area contributed by atoms with Crippen LogP contribution in [0.1, 0.15) is 37.0 Å². The van der Waals surface area contributed by atoms with Crippen LogP contribution in [0, 0.1) is 6.92 Å². The van der Waals surface area contributed by atoms with Crippen molar-refractivity contribution in [3.8, 4) is 0 Å². The molecule has 1 amide bonds. The lowest BCUT2D eigenvalue weighted by molar-refractivity contribution is -0.119. The van der Waals surface area contributed by atoms with E-state index in [9.17, 15) is 9.59 Å². The molecule has 0 aliphatic heterocycles. The Morgan fingerprint density at radius 1 is 1.43 bits per heavy atom. The molecule has 1 aliphatic carbocycles. The van der Waals surface area contributed by atoms with E-state index in [0.717, 1.165) is 22.5 Å². The number of rotatable bonds is 4. The zero-order valence-corrected chi connectivity index (χ0v) is 15.1. The third-order valence-electron chi connectivity index (χ3n) is 4.16. The second kappa shape index (κ2) is 7.05. The van der Waals surface area contributed by atoms with Gasteiger partial charge in [-0.3, -0.25) is 14.2 Å². The summed E-state index contributed by atoms with van der Waals surface area (Å²) in [6.07, 6.45) is 5.82. The van der Waals surface area contributed by atoms with Crippen LogP contribution < -0.4 is 10.9 Å². The maximum Gasteiger partial charge on any atom is 0.262 e. The second-order valence-electron chi connectivity index (χ2n) is 6.03. The van der Waals surface area contributed by atoms with Gasteiger partial charge in [-0.05, 0) is 25.8 Å². The normalized spacial score (nSPS) is 15.9. The van der Waals surface area contributed by atoms with Crippen molar-refractivity contribution in [1.82, 2.24) is 14.9 Å². The number of thioether (sulfide) groups is 1. The number of nitrogens with one attached hydrogen (secondary N) is 1. The lowest BCUT2D eigenvalue weighted by Gasteiger charge is -2.22. The average molecular weight is 351 g/mol. The molecule has 0 atom stereocenters. The molecule has 1 aliphatic rings. The van der Waals surface area contributed by atoms with Crippen LogP contribution in [-0.2, 0) is 11.8 Å². The molecule has 2 aromatic heterocycles. The van der Waals surface area contributed by atoms with Crippen molar-refractivity contribution in [3.05, 3.63) is 21.3 Å². The van der Waals surface area contributed by atoms with E-state index in [2.05, 4.69) is 10.3 Å². The standard InChI is InChI=1S/C16H21N3O2S2/c1-10-8-12-14(23-10)18-16(19(2)15(12)21)22-9-13(20)17-11-6-4-3-5-7-11/h8,11H,3-7,9H2,1-2H3,(H,17,20). The number of thiophene rings is 1. The molecular weight excluding hydrogens is 330 g/mol. The molecule has 1 fully saturated rings. The number of hydrogen-bond donors (Lipinski definition) is 1. The predicted molar refractivity (Wildman–Crippen MR) is 95.3 cm³/mol. The first-order chi connectivity index (χ1) is 11.0. The Labute approximate surface area is 143 Å². The molecule has 0 radical (unpaired) electrons. The van der Waals surface area contributed by atoms with E-state index >= 15 is 0 Å². The van der Waals surface area contributed by atoms with Gasteiger partial charge >= 0.3 is 0 Å². The summed E-state index contributed by atoms with van der Waals surface area (Å²) >= 11 is 2.84. The number of carbonyl (C=O) groups excluding carboxylic acids is 1. The summed E-state index contributed by atoms with van der Waals surface area (Å²) in [6.45, 7) is 1.97. The van der Waals surface area contributed by atoms with Crippen LogP contribution in [-0.4, -0.2) is 27.3 Å². The summed E-state index contributed by atoms with van der Waals surface area (Å²) in [4.78, 5) is 30.8. The fourth-order valence-electron chi connectivity index (χ4n) is 2.94. The molecule has 0 aromatic carbocycles. The minimum Gasteiger partial charge on any atom is -0.353 e. The number of aromatic nitrogens is 2. The SMILES string of the molecule is Cc1cc2c(=O)n(C)c(SCC(=O)NC3CCCCC3)nc2s1. The first-order valence-electron chi connectivity index (χ1n) is 7.94. The van der Waals surface area contributed by atoms with Crippen LogP contribution in [0.3, 0.4) is 0 Å². The summed E-state index contributed by atoms with van der Waals surface area (Å²) in [5.41, 5.74) is -0.0467. The highest BCUT2D eigenvalue weighted by Gasteiger charge is 2.17. The third kappa shape index (κ3) is 3.77. The molecule has 3 rings (SSSR count). The van der Waals surface area contributed by atoms with Gasteiger partial charge in [-0.25, -0.2) is 4.98 Å². The Hall–Kier alpha value is -1.34. The Morgan fingerprint density at radius 2 is 2.17 bits per heavy atom. The first-order valence-corrected chi connectivity index (χ1v) is 9.74. The van der Waals surface area contributed by atoms with Crippen molar-refractivity contribution >= 4 is 39.2 Å². The number of nitrogens with zero attached hydrogens (tertiary/aromatic N) is 2. The predicted octanol–water partition coefficient (Wildman–Crippen LogP) is 2.84. The van der Waals surface area contributed by atoms with Crippen molar-refractivity contribution in [3.63, 3.8) is 0 Å². The zero-order valence-electron chi connectivity index (χ0n) is 13.4. The van der Waals surface area contributed by atoms with Crippen LogP contribution in [0.5, 0.6) is 0 Å². The number of fused-ring (bicyclic) bond motifs is 1. The van der Waals surface area contributed by atoms with Crippen molar-refractivity contribution in [2.75, 3.05) is 5.75 Å². The summed E-state index contributed by atoms with van der Waals surface area (Å²) in [6, 6.07) is 2.19. The van der Waals surface area contributed by atoms with E-state index in [1.807, 2.05) is 13.0 Å². The monoisotopic (exact) mass is 351 g/mol. The van der Waals surface area contributed by atoms with Crippen molar-refractivity contribution in [1.29, 1.82) is 0 Å². The highest BCUT2D eigenvalue weighted by Crippen LogP contribution is 2.24. The molecule has 0 spiro atoms. The molecule has 1 saturated carbocycles. The topological polar surface area (TPSA) is 64.0 Å². The maximum atomic E-state index is 12.3. The summed E-state index contributed by atoms with van der Waals surface area (Å²) in [5.74, 6) is 0.325. The molecule has 23 heavy (non-hydrogen) atoms. The molecular formula is C16H21N3O2S2. The van der Waals surface area contributed by atoms with E-state index in [0.29, 0.717) is 22.3 Å². The highest BCUT2D eigenvalue weighted by molar-refractivity contribution is 7.99. The van der Waals surface area contributed by atoms with Gasteiger partial charge in [0.1, 0.15) is 4.83 Å². The summed E-state index contributed by atoms with van der Waals surface area (Å²) in [7, 11) is 1.71. The molecule has 124 valence electrons. The van der Waals surface area contributed by atoms with E-state index in [4.69, 9.17) is 0 Å². The minimum absolute atomic E-state index is 0.0265. The smallest absolute Gasteiger partial charge is 0.262 e. The van der Waals surface area contributed by atoms with Crippen LogP contribution in [0.25, 0.3) is 10.2 Å². The molecule has 2 heterocycles. The molecule has 0 unspecified atom stereocenters. The molecule has 0 saturated heterocycles. The lowest BCUT2D eigenvalue weighted by atomic mass is 9.95. The molecule has 0 bridgehead atoms. The van der Waals surface area contributed by atoms with Crippen LogP contribution in [0.2, 0.25) is 0 Å².